The highest BCUT2D eigenvalue weighted by Crippen LogP contribution is 2.59. The maximum absolute atomic E-state index is 5.73. The first-order chi connectivity index (χ1) is 10.2. The molecule has 1 aromatic carbocycles. The summed E-state index contributed by atoms with van der Waals surface area (Å²) in [4.78, 5) is 7.20. The van der Waals surface area contributed by atoms with Crippen LogP contribution in [0, 0.1) is 5.92 Å². The van der Waals surface area contributed by atoms with Crippen LogP contribution in [-0.4, -0.2) is 35.3 Å². The van der Waals surface area contributed by atoms with E-state index < -0.39 is 0 Å². The van der Waals surface area contributed by atoms with Gasteiger partial charge in [-0.15, -0.1) is 0 Å². The fourth-order valence-electron chi connectivity index (χ4n) is 3.93. The molecule has 112 valence electrons. The number of aromatic nitrogens is 1. The molecule has 0 amide bonds. The molecule has 2 heterocycles. The van der Waals surface area contributed by atoms with Crippen molar-refractivity contribution in [3.8, 4) is 0 Å². The van der Waals surface area contributed by atoms with Gasteiger partial charge in [0.1, 0.15) is 5.52 Å². The molecule has 0 bridgehead atoms. The van der Waals surface area contributed by atoms with Gasteiger partial charge >= 0.3 is 0 Å². The largest absolute Gasteiger partial charge is 0.441 e. The lowest BCUT2D eigenvalue weighted by atomic mass is 9.95. The molecular weight excluding hydrogens is 280 g/mol. The van der Waals surface area contributed by atoms with Gasteiger partial charge < -0.3 is 9.32 Å². The summed E-state index contributed by atoms with van der Waals surface area (Å²) in [7, 11) is 0. The lowest BCUT2D eigenvalue weighted by molar-refractivity contribution is 0.300. The number of aryl methyl sites for hydroxylation is 1. The molecule has 2 aromatic rings. The molecule has 1 aromatic heterocycles. The quantitative estimate of drug-likeness (QED) is 0.860. The number of likely N-dealkylation sites (tertiary alicyclic amines) is 1. The molecule has 1 saturated carbocycles. The van der Waals surface area contributed by atoms with E-state index in [1.807, 2.05) is 0 Å². The zero-order valence-corrected chi connectivity index (χ0v) is 13.4. The van der Waals surface area contributed by atoms with Gasteiger partial charge in [0.05, 0.1) is 0 Å². The molecule has 21 heavy (non-hydrogen) atoms. The predicted molar refractivity (Wildman–Crippen MR) is 88.1 cm³/mol. The van der Waals surface area contributed by atoms with Gasteiger partial charge in [-0.3, -0.25) is 0 Å². The van der Waals surface area contributed by atoms with Crippen LogP contribution >= 0.6 is 12.6 Å². The lowest BCUT2D eigenvalue weighted by Gasteiger charge is -2.20. The Balaban J connectivity index is 1.59. The SMILES string of the molecule is CCc1nc2cc(C34CC3CN(CCCS)C4)ccc2o1. The second-order valence-electron chi connectivity index (χ2n) is 6.51. The van der Waals surface area contributed by atoms with E-state index >= 15 is 0 Å². The molecule has 1 saturated heterocycles. The van der Waals surface area contributed by atoms with E-state index in [0.29, 0.717) is 5.41 Å². The molecule has 2 unspecified atom stereocenters. The van der Waals surface area contributed by atoms with E-state index in [4.69, 9.17) is 4.42 Å². The van der Waals surface area contributed by atoms with Crippen molar-refractivity contribution >= 4 is 23.7 Å². The van der Waals surface area contributed by atoms with Crippen molar-refractivity contribution in [2.75, 3.05) is 25.4 Å². The molecule has 0 radical (unpaired) electrons. The molecule has 0 N–H and O–H groups in total. The summed E-state index contributed by atoms with van der Waals surface area (Å²) >= 11 is 4.32. The number of nitrogens with zero attached hydrogens (tertiary/aromatic N) is 2. The van der Waals surface area contributed by atoms with Gasteiger partial charge in [-0.2, -0.15) is 12.6 Å². The van der Waals surface area contributed by atoms with Crippen LogP contribution in [0.4, 0.5) is 0 Å². The Morgan fingerprint density at radius 3 is 3.19 bits per heavy atom. The van der Waals surface area contributed by atoms with Crippen LogP contribution in [0.15, 0.2) is 22.6 Å². The van der Waals surface area contributed by atoms with Crippen molar-refractivity contribution in [3.05, 3.63) is 29.7 Å². The average molecular weight is 302 g/mol. The monoisotopic (exact) mass is 302 g/mol. The maximum Gasteiger partial charge on any atom is 0.195 e. The zero-order chi connectivity index (χ0) is 14.4. The Hall–Kier alpha value is -1.00. The first kappa shape index (κ1) is 13.6. The van der Waals surface area contributed by atoms with Crippen LogP contribution in [0.5, 0.6) is 0 Å². The van der Waals surface area contributed by atoms with Crippen LogP contribution in [0.25, 0.3) is 11.1 Å². The molecule has 0 spiro atoms. The topological polar surface area (TPSA) is 29.3 Å². The Morgan fingerprint density at radius 2 is 2.38 bits per heavy atom. The lowest BCUT2D eigenvalue weighted by Crippen LogP contribution is -2.27. The second kappa shape index (κ2) is 5.03. The van der Waals surface area contributed by atoms with Crippen LogP contribution in [0.3, 0.4) is 0 Å². The van der Waals surface area contributed by atoms with E-state index in [0.717, 1.165) is 35.1 Å². The van der Waals surface area contributed by atoms with Crippen molar-refractivity contribution in [2.45, 2.75) is 31.6 Å². The van der Waals surface area contributed by atoms with Crippen molar-refractivity contribution in [1.29, 1.82) is 0 Å². The van der Waals surface area contributed by atoms with Crippen LogP contribution in [-0.2, 0) is 11.8 Å². The summed E-state index contributed by atoms with van der Waals surface area (Å²) in [5, 5.41) is 0. The number of piperidine rings is 1. The van der Waals surface area contributed by atoms with Crippen LogP contribution in [0.2, 0.25) is 0 Å². The third-order valence-corrected chi connectivity index (χ3v) is 5.47. The van der Waals surface area contributed by atoms with Crippen molar-refractivity contribution in [1.82, 2.24) is 9.88 Å². The molecule has 3 nitrogen and oxygen atoms in total. The highest BCUT2D eigenvalue weighted by atomic mass is 32.1. The molecular formula is C17H22N2OS. The van der Waals surface area contributed by atoms with Crippen molar-refractivity contribution in [3.63, 3.8) is 0 Å². The highest BCUT2D eigenvalue weighted by molar-refractivity contribution is 7.80. The maximum atomic E-state index is 5.73. The Kier molecular flexibility index (Phi) is 3.27. The molecule has 2 atom stereocenters. The first-order valence-electron chi connectivity index (χ1n) is 7.98. The summed E-state index contributed by atoms with van der Waals surface area (Å²) in [6.45, 7) is 5.73. The van der Waals surface area contributed by atoms with E-state index in [-0.39, 0.29) is 0 Å². The molecule has 4 heteroatoms. The predicted octanol–water partition coefficient (Wildman–Crippen LogP) is 3.28. The van der Waals surface area contributed by atoms with Gasteiger partial charge in [0.2, 0.25) is 0 Å². The Morgan fingerprint density at radius 1 is 1.48 bits per heavy atom. The van der Waals surface area contributed by atoms with Gasteiger partial charge in [-0.1, -0.05) is 13.0 Å². The minimum absolute atomic E-state index is 0.399. The Bertz CT molecular complexity index is 668. The summed E-state index contributed by atoms with van der Waals surface area (Å²) < 4.78 is 5.73. The van der Waals surface area contributed by atoms with Crippen LogP contribution < -0.4 is 0 Å². The molecule has 2 fully saturated rings. The Labute approximate surface area is 131 Å². The van der Waals surface area contributed by atoms with Gasteiger partial charge in [0.15, 0.2) is 11.5 Å². The summed E-state index contributed by atoms with van der Waals surface area (Å²) in [5.74, 6) is 2.67. The summed E-state index contributed by atoms with van der Waals surface area (Å²) in [5.41, 5.74) is 3.81. The molecule has 2 aliphatic rings. The van der Waals surface area contributed by atoms with Crippen LogP contribution in [0.1, 0.15) is 31.2 Å². The average Bonchev–Trinajstić information content (AvgIpc) is 2.89. The normalized spacial score (nSPS) is 28.2. The summed E-state index contributed by atoms with van der Waals surface area (Å²) in [6, 6.07) is 6.63. The minimum Gasteiger partial charge on any atom is -0.441 e. The van der Waals surface area contributed by atoms with Crippen molar-refractivity contribution < 1.29 is 4.42 Å². The van der Waals surface area contributed by atoms with Gasteiger partial charge in [0, 0.05) is 24.9 Å². The standard InChI is InChI=1S/C17H22N2OS/c1-2-16-18-14-8-12(4-5-15(14)20-16)17-9-13(17)10-19(11-17)6-3-7-21/h4-5,8,13,21H,2-3,6-7,9-11H2,1H3. The van der Waals surface area contributed by atoms with Gasteiger partial charge in [-0.25, -0.2) is 4.98 Å². The number of hydrogen-bond donors (Lipinski definition) is 1. The number of hydrogen-bond acceptors (Lipinski definition) is 4. The van der Waals surface area contributed by atoms with E-state index in [2.05, 4.69) is 47.6 Å². The number of fused-ring (bicyclic) bond motifs is 2. The second-order valence-corrected chi connectivity index (χ2v) is 6.96. The zero-order valence-electron chi connectivity index (χ0n) is 12.5. The number of thiol groups is 1. The summed E-state index contributed by atoms with van der Waals surface area (Å²) in [6.07, 6.45) is 3.39. The minimum atomic E-state index is 0.399. The highest BCUT2D eigenvalue weighted by Gasteiger charge is 2.60. The van der Waals surface area contributed by atoms with Gasteiger partial charge in [-0.05, 0) is 48.8 Å². The fraction of sp³-hybridized carbons (Fsp3) is 0.588. The third kappa shape index (κ3) is 2.20. The number of oxazole rings is 1. The molecule has 4 rings (SSSR count). The van der Waals surface area contributed by atoms with E-state index in [1.54, 1.807) is 0 Å². The number of rotatable bonds is 5. The molecule has 1 aliphatic heterocycles. The fourth-order valence-corrected chi connectivity index (χ4v) is 4.08. The first-order valence-corrected chi connectivity index (χ1v) is 8.61. The van der Waals surface area contributed by atoms with E-state index in [1.165, 1.54) is 38.0 Å². The number of benzene rings is 1. The van der Waals surface area contributed by atoms with Gasteiger partial charge in [0.25, 0.3) is 0 Å². The van der Waals surface area contributed by atoms with E-state index in [9.17, 15) is 0 Å². The van der Waals surface area contributed by atoms with Crippen molar-refractivity contribution in [2.24, 2.45) is 5.92 Å². The smallest absolute Gasteiger partial charge is 0.195 e. The third-order valence-electron chi connectivity index (χ3n) is 5.16. The molecule has 1 aliphatic carbocycles.